The van der Waals surface area contributed by atoms with Crippen LogP contribution in [-0.4, -0.2) is 29.9 Å². The smallest absolute Gasteiger partial charge is 0.163 e. The van der Waals surface area contributed by atoms with Crippen molar-refractivity contribution in [3.8, 4) is 0 Å². The number of aliphatic hydroxyl groups excluding tert-OH is 1. The maximum Gasteiger partial charge on any atom is 0.163 e. The van der Waals surface area contributed by atoms with E-state index in [0.29, 0.717) is 24.3 Å². The SMILES string of the molecule is C=C(C(=O)CC1=CC(OCCO)=CCC1)[C@H](C(=O)C[C@H](CC)CCCC)C1CCCCC1. The zero-order chi connectivity index (χ0) is 23.3. The fraction of sp³-hybridized carbons (Fsp3) is 0.714. The summed E-state index contributed by atoms with van der Waals surface area (Å²) in [4.78, 5) is 26.8. The predicted molar refractivity (Wildman–Crippen MR) is 130 cm³/mol. The molecule has 0 amide bonds. The fourth-order valence-electron chi connectivity index (χ4n) is 5.19. The molecule has 1 saturated carbocycles. The Morgan fingerprint density at radius 1 is 1.22 bits per heavy atom. The van der Waals surface area contributed by atoms with Crippen molar-refractivity contribution in [3.05, 3.63) is 35.6 Å². The minimum atomic E-state index is -0.316. The van der Waals surface area contributed by atoms with Crippen LogP contribution in [0.4, 0.5) is 0 Å². The minimum Gasteiger partial charge on any atom is -0.492 e. The van der Waals surface area contributed by atoms with E-state index < -0.39 is 0 Å². The summed E-state index contributed by atoms with van der Waals surface area (Å²) in [5.41, 5.74) is 1.55. The molecule has 180 valence electrons. The highest BCUT2D eigenvalue weighted by atomic mass is 16.5. The maximum atomic E-state index is 13.5. The number of unbranched alkanes of at least 4 members (excludes halogenated alkanes) is 1. The Morgan fingerprint density at radius 3 is 2.62 bits per heavy atom. The summed E-state index contributed by atoms with van der Waals surface area (Å²) in [7, 11) is 0. The Kier molecular flexibility index (Phi) is 12.0. The van der Waals surface area contributed by atoms with Crippen molar-refractivity contribution in [3.63, 3.8) is 0 Å². The number of hydrogen-bond donors (Lipinski definition) is 1. The van der Waals surface area contributed by atoms with E-state index in [4.69, 9.17) is 9.84 Å². The highest BCUT2D eigenvalue weighted by molar-refractivity contribution is 6.02. The van der Waals surface area contributed by atoms with Crippen molar-refractivity contribution in [1.82, 2.24) is 0 Å². The lowest BCUT2D eigenvalue weighted by molar-refractivity contribution is -0.127. The first kappa shape index (κ1) is 26.6. The van der Waals surface area contributed by atoms with Crippen molar-refractivity contribution in [1.29, 1.82) is 0 Å². The summed E-state index contributed by atoms with van der Waals surface area (Å²) >= 11 is 0. The number of rotatable bonds is 15. The van der Waals surface area contributed by atoms with Gasteiger partial charge in [-0.1, -0.05) is 70.9 Å². The highest BCUT2D eigenvalue weighted by Crippen LogP contribution is 2.37. The molecule has 0 aromatic heterocycles. The molecule has 2 rings (SSSR count). The second-order valence-electron chi connectivity index (χ2n) is 9.61. The van der Waals surface area contributed by atoms with Crippen LogP contribution >= 0.6 is 0 Å². The quantitative estimate of drug-likeness (QED) is 0.293. The van der Waals surface area contributed by atoms with Gasteiger partial charge in [-0.05, 0) is 55.2 Å². The molecule has 0 radical (unpaired) electrons. The van der Waals surface area contributed by atoms with Gasteiger partial charge in [0.1, 0.15) is 18.1 Å². The number of carbonyl (C=O) groups excluding carboxylic acids is 2. The summed E-state index contributed by atoms with van der Waals surface area (Å²) in [6.07, 6.45) is 16.4. The molecular formula is C28H44O4. The average molecular weight is 445 g/mol. The van der Waals surface area contributed by atoms with Gasteiger partial charge in [0.15, 0.2) is 5.78 Å². The summed E-state index contributed by atoms with van der Waals surface area (Å²) in [5.74, 6) is 1.32. The molecule has 0 saturated heterocycles. The third-order valence-corrected chi connectivity index (χ3v) is 7.14. The molecule has 0 bridgehead atoms. The molecule has 4 nitrogen and oxygen atoms in total. The lowest BCUT2D eigenvalue weighted by Gasteiger charge is -2.31. The van der Waals surface area contributed by atoms with Crippen LogP contribution in [0.3, 0.4) is 0 Å². The van der Waals surface area contributed by atoms with Gasteiger partial charge in [0.25, 0.3) is 0 Å². The lowest BCUT2D eigenvalue weighted by atomic mass is 9.71. The van der Waals surface area contributed by atoms with E-state index >= 15 is 0 Å². The number of aliphatic hydroxyl groups is 1. The van der Waals surface area contributed by atoms with E-state index in [1.807, 2.05) is 12.2 Å². The van der Waals surface area contributed by atoms with Crippen molar-refractivity contribution in [2.24, 2.45) is 17.8 Å². The first-order valence-electron chi connectivity index (χ1n) is 12.9. The van der Waals surface area contributed by atoms with Crippen LogP contribution in [0.15, 0.2) is 35.6 Å². The molecule has 4 heteroatoms. The van der Waals surface area contributed by atoms with Gasteiger partial charge in [0.2, 0.25) is 0 Å². The summed E-state index contributed by atoms with van der Waals surface area (Å²) in [6.45, 7) is 8.79. The van der Waals surface area contributed by atoms with Crippen molar-refractivity contribution in [2.45, 2.75) is 97.3 Å². The van der Waals surface area contributed by atoms with Crippen LogP contribution in [0.5, 0.6) is 0 Å². The van der Waals surface area contributed by atoms with Gasteiger partial charge < -0.3 is 9.84 Å². The van der Waals surface area contributed by atoms with Crippen LogP contribution < -0.4 is 0 Å². The molecule has 0 unspecified atom stereocenters. The van der Waals surface area contributed by atoms with Crippen LogP contribution in [0.1, 0.15) is 97.3 Å². The van der Waals surface area contributed by atoms with Crippen molar-refractivity contribution < 1.29 is 19.4 Å². The second kappa shape index (κ2) is 14.5. The van der Waals surface area contributed by atoms with Crippen LogP contribution in [0, 0.1) is 17.8 Å². The van der Waals surface area contributed by atoms with Crippen LogP contribution in [0.25, 0.3) is 0 Å². The number of allylic oxidation sites excluding steroid dienone is 4. The third-order valence-electron chi connectivity index (χ3n) is 7.14. The average Bonchev–Trinajstić information content (AvgIpc) is 2.81. The van der Waals surface area contributed by atoms with E-state index in [1.165, 1.54) is 6.42 Å². The maximum absolute atomic E-state index is 13.5. The fourth-order valence-corrected chi connectivity index (χ4v) is 5.19. The van der Waals surface area contributed by atoms with Gasteiger partial charge >= 0.3 is 0 Å². The Morgan fingerprint density at radius 2 is 1.97 bits per heavy atom. The number of Topliss-reactive ketones (excluding diaryl/α,β-unsaturated/α-hetero) is 2. The summed E-state index contributed by atoms with van der Waals surface area (Å²) < 4.78 is 5.52. The molecule has 0 aromatic rings. The molecule has 0 aliphatic heterocycles. The molecule has 0 heterocycles. The van der Waals surface area contributed by atoms with Gasteiger partial charge in [-0.2, -0.15) is 0 Å². The van der Waals surface area contributed by atoms with E-state index in [-0.39, 0.29) is 36.6 Å². The van der Waals surface area contributed by atoms with E-state index in [0.717, 1.165) is 75.5 Å². The van der Waals surface area contributed by atoms with Crippen LogP contribution in [-0.2, 0) is 14.3 Å². The Hall–Kier alpha value is -1.68. The molecule has 0 spiro atoms. The van der Waals surface area contributed by atoms with E-state index in [9.17, 15) is 9.59 Å². The minimum absolute atomic E-state index is 0.00480. The third kappa shape index (κ3) is 8.35. The summed E-state index contributed by atoms with van der Waals surface area (Å²) in [5, 5.41) is 8.98. The Bertz CT molecular complexity index is 682. The Balaban J connectivity index is 2.09. The van der Waals surface area contributed by atoms with Gasteiger partial charge in [-0.3, -0.25) is 9.59 Å². The molecule has 32 heavy (non-hydrogen) atoms. The highest BCUT2D eigenvalue weighted by Gasteiger charge is 2.35. The Labute approximate surface area is 195 Å². The largest absolute Gasteiger partial charge is 0.492 e. The monoisotopic (exact) mass is 444 g/mol. The molecule has 1 fully saturated rings. The topological polar surface area (TPSA) is 63.6 Å². The number of carbonyl (C=O) groups is 2. The van der Waals surface area contributed by atoms with Gasteiger partial charge in [-0.15, -0.1) is 0 Å². The molecule has 2 aliphatic rings. The van der Waals surface area contributed by atoms with Crippen molar-refractivity contribution in [2.75, 3.05) is 13.2 Å². The molecular weight excluding hydrogens is 400 g/mol. The number of ether oxygens (including phenoxy) is 1. The van der Waals surface area contributed by atoms with E-state index in [2.05, 4.69) is 20.4 Å². The first-order chi connectivity index (χ1) is 15.5. The second-order valence-corrected chi connectivity index (χ2v) is 9.61. The molecule has 0 aromatic carbocycles. The normalized spacial score (nSPS) is 19.0. The number of ketones is 2. The first-order valence-corrected chi connectivity index (χ1v) is 12.9. The predicted octanol–water partition coefficient (Wildman–Crippen LogP) is 6.49. The standard InChI is InChI=1S/C28H44O4/c1-4-6-11-22(5-2)19-27(31)28(24-13-8-7-9-14-24)21(3)26(30)20-23-12-10-15-25(18-23)32-17-16-29/h15,18,22,24,28-29H,3-14,16-17,19-20H2,1-2H3/t22-,28+/m1/s1. The number of hydrogen-bond acceptors (Lipinski definition) is 4. The molecule has 2 aliphatic carbocycles. The zero-order valence-corrected chi connectivity index (χ0v) is 20.4. The summed E-state index contributed by atoms with van der Waals surface area (Å²) in [6, 6.07) is 0. The molecule has 2 atom stereocenters. The van der Waals surface area contributed by atoms with Gasteiger partial charge in [0.05, 0.1) is 6.61 Å². The molecule has 1 N–H and O–H groups in total. The van der Waals surface area contributed by atoms with Crippen molar-refractivity contribution >= 4 is 11.6 Å². The van der Waals surface area contributed by atoms with E-state index in [1.54, 1.807) is 0 Å². The van der Waals surface area contributed by atoms with Gasteiger partial charge in [-0.25, -0.2) is 0 Å². The zero-order valence-electron chi connectivity index (χ0n) is 20.4. The van der Waals surface area contributed by atoms with Gasteiger partial charge in [0, 0.05) is 18.8 Å². The van der Waals surface area contributed by atoms with Crippen LogP contribution in [0.2, 0.25) is 0 Å². The lowest BCUT2D eigenvalue weighted by Crippen LogP contribution is -2.31.